The van der Waals surface area contributed by atoms with Crippen LogP contribution in [0.25, 0.3) is 22.2 Å². The Labute approximate surface area is 192 Å². The Bertz CT molecular complexity index is 1260. The fourth-order valence-electron chi connectivity index (χ4n) is 4.40. The lowest BCUT2D eigenvalue weighted by molar-refractivity contribution is -0.908. The second-order valence-electron chi connectivity index (χ2n) is 8.40. The van der Waals surface area contributed by atoms with Crippen LogP contribution in [-0.2, 0) is 17.7 Å². The summed E-state index contributed by atoms with van der Waals surface area (Å²) < 4.78 is 7.42. The summed E-state index contributed by atoms with van der Waals surface area (Å²) >= 11 is 0. The molecule has 4 N–H and O–H groups in total. The van der Waals surface area contributed by atoms with Crippen molar-refractivity contribution in [3.8, 4) is 0 Å². The molecule has 1 fully saturated rings. The Kier molecular flexibility index (Phi) is 6.19. The van der Waals surface area contributed by atoms with Crippen LogP contribution in [0.2, 0.25) is 0 Å². The number of hydrogen-bond donors (Lipinski definition) is 3. The maximum absolute atomic E-state index is 13.2. The van der Waals surface area contributed by atoms with Gasteiger partial charge in [0.05, 0.1) is 37.3 Å². The van der Waals surface area contributed by atoms with Crippen molar-refractivity contribution in [2.45, 2.75) is 13.0 Å². The number of carbonyl (C=O) groups is 1. The standard InChI is InChI=1S/C25H28N6O2/c26-23-21(25(32)27-11-10-18-6-2-1-3-7-18)22-24(29-20-9-5-4-8-19(20)28-22)31(23)13-12-30-14-16-33-17-15-30/h1-9H,10-17,26H2,(H,27,32)/p+1. The topological polar surface area (TPSA) is 99.5 Å². The van der Waals surface area contributed by atoms with Gasteiger partial charge in [0.1, 0.15) is 30.0 Å². The molecule has 0 unspecified atom stereocenters. The van der Waals surface area contributed by atoms with Gasteiger partial charge in [0.15, 0.2) is 5.65 Å². The van der Waals surface area contributed by atoms with Gasteiger partial charge in [-0.15, -0.1) is 0 Å². The number of carbonyl (C=O) groups excluding carboxylic acids is 1. The van der Waals surface area contributed by atoms with E-state index in [0.29, 0.717) is 35.6 Å². The Hall–Kier alpha value is -3.49. The van der Waals surface area contributed by atoms with Gasteiger partial charge in [-0.1, -0.05) is 42.5 Å². The number of fused-ring (bicyclic) bond motifs is 2. The molecule has 5 rings (SSSR count). The number of nitrogens with one attached hydrogen (secondary N) is 2. The smallest absolute Gasteiger partial charge is 0.257 e. The van der Waals surface area contributed by atoms with Crippen LogP contribution in [0.3, 0.4) is 0 Å². The third-order valence-electron chi connectivity index (χ3n) is 6.25. The lowest BCUT2D eigenvalue weighted by Gasteiger charge is -2.24. The van der Waals surface area contributed by atoms with E-state index in [1.165, 1.54) is 10.5 Å². The van der Waals surface area contributed by atoms with Crippen LogP contribution in [0.5, 0.6) is 0 Å². The highest BCUT2D eigenvalue weighted by atomic mass is 16.5. The van der Waals surface area contributed by atoms with E-state index in [1.54, 1.807) is 0 Å². The molecular formula is C25H29N6O2+. The summed E-state index contributed by atoms with van der Waals surface area (Å²) in [7, 11) is 0. The molecule has 0 spiro atoms. The highest BCUT2D eigenvalue weighted by Crippen LogP contribution is 2.27. The van der Waals surface area contributed by atoms with Crippen molar-refractivity contribution < 1.29 is 14.4 Å². The molecule has 3 heterocycles. The molecule has 33 heavy (non-hydrogen) atoms. The molecule has 1 saturated heterocycles. The molecule has 0 bridgehead atoms. The van der Waals surface area contributed by atoms with Crippen molar-refractivity contribution >= 4 is 33.9 Å². The van der Waals surface area contributed by atoms with Crippen LogP contribution < -0.4 is 16.0 Å². The number of ether oxygens (including phenoxy) is 1. The fraction of sp³-hybridized carbons (Fsp3) is 0.320. The zero-order valence-corrected chi connectivity index (χ0v) is 18.6. The first kappa shape index (κ1) is 21.4. The Balaban J connectivity index is 1.45. The molecule has 0 aliphatic carbocycles. The van der Waals surface area contributed by atoms with Crippen molar-refractivity contribution in [2.24, 2.45) is 0 Å². The average molecular weight is 446 g/mol. The van der Waals surface area contributed by atoms with Crippen LogP contribution >= 0.6 is 0 Å². The van der Waals surface area contributed by atoms with E-state index in [-0.39, 0.29) is 5.91 Å². The number of aromatic nitrogens is 3. The van der Waals surface area contributed by atoms with E-state index < -0.39 is 0 Å². The van der Waals surface area contributed by atoms with Crippen LogP contribution in [0.15, 0.2) is 54.6 Å². The summed E-state index contributed by atoms with van der Waals surface area (Å²) in [5.74, 6) is 0.209. The molecule has 4 aromatic rings. The van der Waals surface area contributed by atoms with Gasteiger partial charge in [0.25, 0.3) is 5.91 Å². The van der Waals surface area contributed by atoms with E-state index in [2.05, 4.69) is 17.4 Å². The average Bonchev–Trinajstić information content (AvgIpc) is 3.12. The van der Waals surface area contributed by atoms with Crippen molar-refractivity contribution in [1.29, 1.82) is 0 Å². The van der Waals surface area contributed by atoms with Crippen molar-refractivity contribution in [2.75, 3.05) is 45.1 Å². The molecule has 1 aliphatic heterocycles. The second-order valence-corrected chi connectivity index (χ2v) is 8.40. The summed E-state index contributed by atoms with van der Waals surface area (Å²) in [6, 6.07) is 17.8. The van der Waals surface area contributed by atoms with Gasteiger partial charge < -0.3 is 25.3 Å². The van der Waals surface area contributed by atoms with E-state index >= 15 is 0 Å². The first-order valence-corrected chi connectivity index (χ1v) is 11.5. The van der Waals surface area contributed by atoms with Crippen LogP contribution in [-0.4, -0.2) is 59.8 Å². The monoisotopic (exact) mass is 445 g/mol. The van der Waals surface area contributed by atoms with Crippen LogP contribution in [0.4, 0.5) is 5.82 Å². The summed E-state index contributed by atoms with van der Waals surface area (Å²) in [6.45, 7) is 5.57. The second kappa shape index (κ2) is 9.56. The number of nitrogens with two attached hydrogens (primary N) is 1. The summed E-state index contributed by atoms with van der Waals surface area (Å²) in [5.41, 5.74) is 10.9. The van der Waals surface area contributed by atoms with Crippen molar-refractivity contribution in [3.05, 3.63) is 65.7 Å². The molecule has 170 valence electrons. The number of morpholine rings is 1. The van der Waals surface area contributed by atoms with Gasteiger partial charge in [0, 0.05) is 6.54 Å². The van der Waals surface area contributed by atoms with Gasteiger partial charge in [0.2, 0.25) is 0 Å². The van der Waals surface area contributed by atoms with Crippen LogP contribution in [0, 0.1) is 0 Å². The molecule has 1 amide bonds. The van der Waals surface area contributed by atoms with Gasteiger partial charge in [-0.2, -0.15) is 0 Å². The lowest BCUT2D eigenvalue weighted by Crippen LogP contribution is -3.14. The number of quaternary nitrogens is 1. The first-order chi connectivity index (χ1) is 16.2. The Morgan fingerprint density at radius 1 is 1.03 bits per heavy atom. The Morgan fingerprint density at radius 3 is 2.48 bits per heavy atom. The largest absolute Gasteiger partial charge is 0.384 e. The van der Waals surface area contributed by atoms with Crippen LogP contribution in [0.1, 0.15) is 15.9 Å². The molecule has 2 aromatic carbocycles. The normalized spacial score (nSPS) is 14.7. The number of anilines is 1. The molecule has 8 heteroatoms. The minimum Gasteiger partial charge on any atom is -0.384 e. The SMILES string of the molecule is Nc1c(C(=O)NCCc2ccccc2)c2nc3ccccc3nc2n1CC[NH+]1CCOCC1. The molecule has 2 aromatic heterocycles. The molecular weight excluding hydrogens is 416 g/mol. The summed E-state index contributed by atoms with van der Waals surface area (Å²) in [6.07, 6.45) is 0.750. The summed E-state index contributed by atoms with van der Waals surface area (Å²) in [4.78, 5) is 24.3. The maximum Gasteiger partial charge on any atom is 0.257 e. The van der Waals surface area contributed by atoms with Gasteiger partial charge >= 0.3 is 0 Å². The van der Waals surface area contributed by atoms with E-state index in [9.17, 15) is 4.79 Å². The van der Waals surface area contributed by atoms with Gasteiger partial charge in [-0.3, -0.25) is 4.79 Å². The predicted molar refractivity (Wildman–Crippen MR) is 128 cm³/mol. The minimum absolute atomic E-state index is 0.213. The summed E-state index contributed by atoms with van der Waals surface area (Å²) in [5, 5.41) is 3.03. The minimum atomic E-state index is -0.213. The number of benzene rings is 2. The van der Waals surface area contributed by atoms with E-state index in [0.717, 1.165) is 50.3 Å². The number of nitrogen functional groups attached to an aromatic ring is 1. The maximum atomic E-state index is 13.2. The van der Waals surface area contributed by atoms with Crippen molar-refractivity contribution in [3.63, 3.8) is 0 Å². The van der Waals surface area contributed by atoms with Crippen molar-refractivity contribution in [1.82, 2.24) is 19.9 Å². The van der Waals surface area contributed by atoms with E-state index in [4.69, 9.17) is 20.4 Å². The first-order valence-electron chi connectivity index (χ1n) is 11.5. The number of para-hydroxylation sites is 2. The molecule has 8 nitrogen and oxygen atoms in total. The Morgan fingerprint density at radius 2 is 1.73 bits per heavy atom. The molecule has 0 atom stereocenters. The predicted octanol–water partition coefficient (Wildman–Crippen LogP) is 1.05. The van der Waals surface area contributed by atoms with Gasteiger partial charge in [-0.05, 0) is 24.1 Å². The zero-order valence-electron chi connectivity index (χ0n) is 18.6. The number of rotatable bonds is 7. The lowest BCUT2D eigenvalue weighted by atomic mass is 10.1. The highest BCUT2D eigenvalue weighted by molar-refractivity contribution is 6.10. The van der Waals surface area contributed by atoms with Gasteiger partial charge in [-0.25, -0.2) is 9.97 Å². The third kappa shape index (κ3) is 4.53. The number of nitrogens with zero attached hydrogens (tertiary/aromatic N) is 3. The number of hydrogen-bond acceptors (Lipinski definition) is 5. The molecule has 0 saturated carbocycles. The molecule has 1 aliphatic rings. The quantitative estimate of drug-likeness (QED) is 0.395. The van der Waals surface area contributed by atoms with E-state index in [1.807, 2.05) is 47.0 Å². The fourth-order valence-corrected chi connectivity index (χ4v) is 4.40. The highest BCUT2D eigenvalue weighted by Gasteiger charge is 2.25. The third-order valence-corrected chi connectivity index (χ3v) is 6.25. The number of amides is 1. The zero-order chi connectivity index (χ0) is 22.6. The molecule has 0 radical (unpaired) electrons.